The van der Waals surface area contributed by atoms with Crippen molar-refractivity contribution in [2.75, 3.05) is 39.8 Å². The number of piperazine rings is 1. The second kappa shape index (κ2) is 12.0. The molecule has 0 N–H and O–H groups in total. The smallest absolute Gasteiger partial charge is 0.218 e. The molecule has 6 nitrogen and oxygen atoms in total. The fraction of sp³-hybridized carbons (Fsp3) is 0.333. The van der Waals surface area contributed by atoms with Gasteiger partial charge in [-0.25, -0.2) is 8.42 Å². The van der Waals surface area contributed by atoms with Gasteiger partial charge in [0.15, 0.2) is 0 Å². The van der Waals surface area contributed by atoms with Crippen LogP contribution in [0.1, 0.15) is 22.8 Å². The van der Waals surface area contributed by atoms with Crippen molar-refractivity contribution in [2.24, 2.45) is 0 Å². The quantitative estimate of drug-likeness (QED) is 0.390. The maximum atomic E-state index is 12.9. The molecule has 0 amide bonds. The zero-order valence-corrected chi connectivity index (χ0v) is 21.4. The normalized spacial score (nSPS) is 16.2. The fourth-order valence-electron chi connectivity index (χ4n) is 4.19. The van der Waals surface area contributed by atoms with Crippen molar-refractivity contribution in [1.82, 2.24) is 9.21 Å². The SMILES string of the molecule is COc1cccc(CO[C@@H](CN2CCN(S(=O)(=O)Cc3ccccc3)CC2)c2ccc(Cl)cc2)c1. The summed E-state index contributed by atoms with van der Waals surface area (Å²) in [6.07, 6.45) is -0.175. The monoisotopic (exact) mass is 514 g/mol. The van der Waals surface area contributed by atoms with Crippen molar-refractivity contribution < 1.29 is 17.9 Å². The summed E-state index contributed by atoms with van der Waals surface area (Å²) in [5.41, 5.74) is 2.88. The van der Waals surface area contributed by atoms with Crippen LogP contribution in [0.2, 0.25) is 5.02 Å². The Kier molecular flexibility index (Phi) is 8.81. The summed E-state index contributed by atoms with van der Waals surface area (Å²) < 4.78 is 39.1. The molecule has 0 aromatic heterocycles. The van der Waals surface area contributed by atoms with Gasteiger partial charge in [0.05, 0.1) is 25.6 Å². The van der Waals surface area contributed by atoms with Gasteiger partial charge in [-0.15, -0.1) is 0 Å². The third-order valence-electron chi connectivity index (χ3n) is 6.17. The van der Waals surface area contributed by atoms with Gasteiger partial charge in [-0.05, 0) is 41.0 Å². The molecule has 1 saturated heterocycles. The van der Waals surface area contributed by atoms with E-state index in [1.54, 1.807) is 11.4 Å². The molecule has 8 heteroatoms. The molecule has 1 aliphatic heterocycles. The highest BCUT2D eigenvalue weighted by Gasteiger charge is 2.28. The molecule has 0 bridgehead atoms. The summed E-state index contributed by atoms with van der Waals surface area (Å²) in [7, 11) is -1.70. The Morgan fingerprint density at radius 2 is 1.57 bits per heavy atom. The van der Waals surface area contributed by atoms with Gasteiger partial charge in [0.1, 0.15) is 5.75 Å². The molecule has 1 heterocycles. The Labute approximate surface area is 213 Å². The van der Waals surface area contributed by atoms with Gasteiger partial charge in [-0.3, -0.25) is 4.90 Å². The molecule has 0 saturated carbocycles. The third-order valence-corrected chi connectivity index (χ3v) is 8.27. The maximum absolute atomic E-state index is 12.9. The van der Waals surface area contributed by atoms with Gasteiger partial charge in [-0.1, -0.05) is 66.2 Å². The minimum atomic E-state index is -3.35. The van der Waals surface area contributed by atoms with E-state index in [0.29, 0.717) is 44.4 Å². The largest absolute Gasteiger partial charge is 0.497 e. The molecule has 1 aliphatic rings. The number of rotatable bonds is 10. The van der Waals surface area contributed by atoms with Crippen LogP contribution in [0.3, 0.4) is 0 Å². The van der Waals surface area contributed by atoms with Crippen LogP contribution in [0.4, 0.5) is 0 Å². The Hall–Kier alpha value is -2.42. The molecule has 186 valence electrons. The highest BCUT2D eigenvalue weighted by atomic mass is 35.5. The number of methoxy groups -OCH3 is 1. The molecule has 0 radical (unpaired) electrons. The first-order valence-corrected chi connectivity index (χ1v) is 13.7. The summed E-state index contributed by atoms with van der Waals surface area (Å²) in [6, 6.07) is 24.9. The Morgan fingerprint density at radius 3 is 2.26 bits per heavy atom. The first kappa shape index (κ1) is 25.7. The van der Waals surface area contributed by atoms with Crippen molar-refractivity contribution in [2.45, 2.75) is 18.5 Å². The number of hydrogen-bond acceptors (Lipinski definition) is 5. The number of hydrogen-bond donors (Lipinski definition) is 0. The van der Waals surface area contributed by atoms with Crippen LogP contribution in [-0.4, -0.2) is 57.5 Å². The van der Waals surface area contributed by atoms with E-state index >= 15 is 0 Å². The molecule has 0 aliphatic carbocycles. The average Bonchev–Trinajstić information content (AvgIpc) is 2.88. The minimum absolute atomic E-state index is 0.0326. The zero-order chi connectivity index (χ0) is 24.7. The average molecular weight is 515 g/mol. The maximum Gasteiger partial charge on any atom is 0.218 e. The van der Waals surface area contributed by atoms with Crippen LogP contribution >= 0.6 is 11.6 Å². The van der Waals surface area contributed by atoms with Crippen molar-refractivity contribution >= 4 is 21.6 Å². The van der Waals surface area contributed by atoms with Crippen molar-refractivity contribution in [3.05, 3.63) is 101 Å². The summed E-state index contributed by atoms with van der Waals surface area (Å²) in [6.45, 7) is 3.35. The number of halogens is 1. The second-order valence-corrected chi connectivity index (χ2v) is 11.0. The fourth-order valence-corrected chi connectivity index (χ4v) is 5.83. The van der Waals surface area contributed by atoms with E-state index in [4.69, 9.17) is 21.1 Å². The molecule has 1 atom stereocenters. The van der Waals surface area contributed by atoms with E-state index in [2.05, 4.69) is 4.90 Å². The van der Waals surface area contributed by atoms with Gasteiger partial charge >= 0.3 is 0 Å². The highest BCUT2D eigenvalue weighted by molar-refractivity contribution is 7.88. The van der Waals surface area contributed by atoms with Gasteiger partial charge in [-0.2, -0.15) is 4.31 Å². The van der Waals surface area contributed by atoms with Gasteiger partial charge in [0, 0.05) is 37.7 Å². The number of nitrogens with zero attached hydrogens (tertiary/aromatic N) is 2. The molecule has 0 unspecified atom stereocenters. The molecular formula is C27H31ClN2O4S. The van der Waals surface area contributed by atoms with Crippen molar-refractivity contribution in [3.63, 3.8) is 0 Å². The molecule has 35 heavy (non-hydrogen) atoms. The lowest BCUT2D eigenvalue weighted by molar-refractivity contribution is 0.00767. The number of ether oxygens (including phenoxy) is 2. The van der Waals surface area contributed by atoms with Crippen molar-refractivity contribution in [1.29, 1.82) is 0 Å². The predicted molar refractivity (Wildman–Crippen MR) is 139 cm³/mol. The topological polar surface area (TPSA) is 59.1 Å². The van der Waals surface area contributed by atoms with E-state index in [1.807, 2.05) is 78.9 Å². The van der Waals surface area contributed by atoms with Crippen LogP contribution in [0.15, 0.2) is 78.9 Å². The van der Waals surface area contributed by atoms with Crippen LogP contribution in [0.5, 0.6) is 5.75 Å². The summed E-state index contributed by atoms with van der Waals surface area (Å²) in [4.78, 5) is 2.26. The van der Waals surface area contributed by atoms with E-state index in [9.17, 15) is 8.42 Å². The number of benzene rings is 3. The van der Waals surface area contributed by atoms with Gasteiger partial charge < -0.3 is 9.47 Å². The summed E-state index contributed by atoms with van der Waals surface area (Å²) >= 11 is 6.10. The second-order valence-electron chi connectivity index (χ2n) is 8.64. The zero-order valence-electron chi connectivity index (χ0n) is 19.8. The molecule has 3 aromatic rings. The molecule has 1 fully saturated rings. The number of sulfonamides is 1. The standard InChI is InChI=1S/C27H31ClN2O4S/c1-33-26-9-5-8-23(18-26)20-34-27(24-10-12-25(28)13-11-24)19-29-14-16-30(17-15-29)35(31,32)21-22-6-3-2-4-7-22/h2-13,18,27H,14-17,19-21H2,1H3/t27-/m0/s1. The molecule has 0 spiro atoms. The lowest BCUT2D eigenvalue weighted by Crippen LogP contribution is -2.49. The third kappa shape index (κ3) is 7.29. The van der Waals surface area contributed by atoms with Gasteiger partial charge in [0.25, 0.3) is 0 Å². The highest BCUT2D eigenvalue weighted by Crippen LogP contribution is 2.25. The van der Waals surface area contributed by atoms with E-state index in [0.717, 1.165) is 22.4 Å². The first-order valence-electron chi connectivity index (χ1n) is 11.7. The Bertz CT molecular complexity index is 1180. The Balaban J connectivity index is 1.38. The predicted octanol–water partition coefficient (Wildman–Crippen LogP) is 4.75. The molecule has 3 aromatic carbocycles. The van der Waals surface area contributed by atoms with Crippen molar-refractivity contribution in [3.8, 4) is 5.75 Å². The van der Waals surface area contributed by atoms with E-state index in [1.165, 1.54) is 0 Å². The van der Waals surface area contributed by atoms with E-state index < -0.39 is 10.0 Å². The van der Waals surface area contributed by atoms with Crippen LogP contribution < -0.4 is 4.74 Å². The van der Waals surface area contributed by atoms with Gasteiger partial charge in [0.2, 0.25) is 10.0 Å². The van der Waals surface area contributed by atoms with Crippen LogP contribution in [0.25, 0.3) is 0 Å². The Morgan fingerprint density at radius 1 is 0.886 bits per heavy atom. The lowest BCUT2D eigenvalue weighted by Gasteiger charge is -2.36. The van der Waals surface area contributed by atoms with Crippen LogP contribution in [0, 0.1) is 0 Å². The summed E-state index contributed by atoms with van der Waals surface area (Å²) in [5, 5.41) is 0.678. The molecule has 4 rings (SSSR count). The van der Waals surface area contributed by atoms with Crippen LogP contribution in [-0.2, 0) is 27.1 Å². The minimum Gasteiger partial charge on any atom is -0.497 e. The molecular weight excluding hydrogens is 484 g/mol. The lowest BCUT2D eigenvalue weighted by atomic mass is 10.1. The summed E-state index contributed by atoms with van der Waals surface area (Å²) in [5.74, 6) is 0.826. The first-order chi connectivity index (χ1) is 16.9. The van der Waals surface area contributed by atoms with E-state index in [-0.39, 0.29) is 11.9 Å².